The van der Waals surface area contributed by atoms with Crippen molar-refractivity contribution in [3.8, 4) is 6.07 Å². The smallest absolute Gasteiger partial charge is 0.416 e. The molecule has 2 aromatic rings. The molecule has 130 valence electrons. The van der Waals surface area contributed by atoms with E-state index in [1.807, 2.05) is 44.2 Å². The van der Waals surface area contributed by atoms with E-state index in [4.69, 9.17) is 4.74 Å². The number of ether oxygens (including phenoxy) is 1. The van der Waals surface area contributed by atoms with Gasteiger partial charge in [0.25, 0.3) is 0 Å². The molecule has 0 saturated heterocycles. The van der Waals surface area contributed by atoms with E-state index < -0.39 is 17.4 Å². The first kappa shape index (κ1) is 18.5. The topological polar surface area (TPSA) is 53.3 Å². The van der Waals surface area contributed by atoms with Crippen LogP contribution in [0, 0.1) is 23.1 Å². The highest BCUT2D eigenvalue weighted by Crippen LogP contribution is 2.32. The number of carbonyl (C=O) groups is 1. The number of nitrogens with zero attached hydrogens (tertiary/aromatic N) is 2. The Morgan fingerprint density at radius 1 is 1.20 bits per heavy atom. The van der Waals surface area contributed by atoms with E-state index in [1.165, 1.54) is 18.2 Å². The standard InChI is InChI=1S/C20H21FN2O2/c1-15(2)20(3,14-22)23(18-12-8-7-11-17(18)21)19(24)25-13-16-9-5-4-6-10-16/h4-12,15H,13H2,1-3H3. The molecule has 1 atom stereocenters. The van der Waals surface area contributed by atoms with Crippen molar-refractivity contribution in [2.24, 2.45) is 5.92 Å². The van der Waals surface area contributed by atoms with Crippen molar-refractivity contribution < 1.29 is 13.9 Å². The van der Waals surface area contributed by atoms with Gasteiger partial charge in [0.2, 0.25) is 0 Å². The number of amides is 1. The van der Waals surface area contributed by atoms with Crippen LogP contribution in [0.15, 0.2) is 54.6 Å². The summed E-state index contributed by atoms with van der Waals surface area (Å²) < 4.78 is 19.7. The predicted octanol–water partition coefficient (Wildman–Crippen LogP) is 4.91. The third kappa shape index (κ3) is 3.97. The first-order chi connectivity index (χ1) is 11.9. The first-order valence-electron chi connectivity index (χ1n) is 8.07. The number of halogens is 1. The Hall–Kier alpha value is -2.87. The molecular weight excluding hydrogens is 319 g/mol. The molecule has 4 nitrogen and oxygen atoms in total. The summed E-state index contributed by atoms with van der Waals surface area (Å²) in [5, 5.41) is 9.69. The Morgan fingerprint density at radius 3 is 2.36 bits per heavy atom. The summed E-state index contributed by atoms with van der Waals surface area (Å²) >= 11 is 0. The number of para-hydroxylation sites is 1. The molecule has 0 N–H and O–H groups in total. The minimum atomic E-state index is -1.25. The van der Waals surface area contributed by atoms with Crippen molar-refractivity contribution in [3.63, 3.8) is 0 Å². The first-order valence-corrected chi connectivity index (χ1v) is 8.07. The van der Waals surface area contributed by atoms with Gasteiger partial charge in [0.15, 0.2) is 0 Å². The molecule has 0 fully saturated rings. The second-order valence-electron chi connectivity index (χ2n) is 6.24. The molecule has 0 radical (unpaired) electrons. The molecule has 1 unspecified atom stereocenters. The van der Waals surface area contributed by atoms with E-state index in [0.29, 0.717) is 0 Å². The van der Waals surface area contributed by atoms with Crippen molar-refractivity contribution in [1.82, 2.24) is 0 Å². The lowest BCUT2D eigenvalue weighted by Gasteiger charge is -2.38. The second kappa shape index (κ2) is 7.80. The number of rotatable bonds is 5. The van der Waals surface area contributed by atoms with Crippen LogP contribution in [-0.2, 0) is 11.3 Å². The summed E-state index contributed by atoms with van der Waals surface area (Å²) in [6.45, 7) is 5.27. The highest BCUT2D eigenvalue weighted by atomic mass is 19.1. The van der Waals surface area contributed by atoms with Gasteiger partial charge in [-0.3, -0.25) is 4.90 Å². The summed E-state index contributed by atoms with van der Waals surface area (Å²) in [6, 6.07) is 17.2. The maximum absolute atomic E-state index is 14.3. The fraction of sp³-hybridized carbons (Fsp3) is 0.300. The largest absolute Gasteiger partial charge is 0.444 e. The van der Waals surface area contributed by atoms with Crippen molar-refractivity contribution in [1.29, 1.82) is 5.26 Å². The van der Waals surface area contributed by atoms with Crippen molar-refractivity contribution in [3.05, 3.63) is 66.0 Å². The molecule has 2 aromatic carbocycles. The van der Waals surface area contributed by atoms with Crippen LogP contribution < -0.4 is 4.90 Å². The summed E-state index contributed by atoms with van der Waals surface area (Å²) in [5.74, 6) is -0.817. The number of nitriles is 1. The van der Waals surface area contributed by atoms with Gasteiger partial charge in [-0.05, 0) is 30.5 Å². The molecule has 1 amide bonds. The summed E-state index contributed by atoms with van der Waals surface area (Å²) in [4.78, 5) is 13.9. The average Bonchev–Trinajstić information content (AvgIpc) is 2.62. The van der Waals surface area contributed by atoms with Crippen molar-refractivity contribution in [2.45, 2.75) is 32.9 Å². The molecule has 0 aromatic heterocycles. The number of hydrogen-bond donors (Lipinski definition) is 0. The van der Waals surface area contributed by atoms with E-state index in [0.717, 1.165) is 10.5 Å². The Labute approximate surface area is 147 Å². The molecule has 5 heteroatoms. The maximum Gasteiger partial charge on any atom is 0.416 e. The van der Waals surface area contributed by atoms with Crippen LogP contribution in [0.3, 0.4) is 0 Å². The van der Waals surface area contributed by atoms with E-state index in [9.17, 15) is 14.4 Å². The quantitative estimate of drug-likeness (QED) is 0.777. The van der Waals surface area contributed by atoms with Crippen LogP contribution in [0.2, 0.25) is 0 Å². The van der Waals surface area contributed by atoms with E-state index >= 15 is 0 Å². The van der Waals surface area contributed by atoms with E-state index in [-0.39, 0.29) is 18.2 Å². The lowest BCUT2D eigenvalue weighted by molar-refractivity contribution is 0.139. The maximum atomic E-state index is 14.3. The molecule has 0 aliphatic carbocycles. The molecule has 0 spiro atoms. The summed E-state index contributed by atoms with van der Waals surface area (Å²) in [6.07, 6.45) is -0.758. The highest BCUT2D eigenvalue weighted by molar-refractivity contribution is 5.90. The minimum absolute atomic E-state index is 0.0262. The van der Waals surface area contributed by atoms with Crippen LogP contribution in [-0.4, -0.2) is 11.6 Å². The van der Waals surface area contributed by atoms with Gasteiger partial charge in [-0.25, -0.2) is 9.18 Å². The zero-order valence-corrected chi connectivity index (χ0v) is 14.6. The number of hydrogen-bond acceptors (Lipinski definition) is 3. The molecule has 2 rings (SSSR count). The van der Waals surface area contributed by atoms with Crippen LogP contribution in [0.5, 0.6) is 0 Å². The molecule has 25 heavy (non-hydrogen) atoms. The predicted molar refractivity (Wildman–Crippen MR) is 94.4 cm³/mol. The summed E-state index contributed by atoms with van der Waals surface area (Å²) in [5.41, 5.74) is -0.415. The SMILES string of the molecule is CC(C)C(C)(C#N)N(C(=O)OCc1ccccc1)c1ccccc1F. The zero-order valence-electron chi connectivity index (χ0n) is 14.6. The number of carbonyl (C=O) groups excluding carboxylic acids is 1. The molecular formula is C20H21FN2O2. The van der Waals surface area contributed by atoms with Crippen LogP contribution in [0.1, 0.15) is 26.3 Å². The zero-order chi connectivity index (χ0) is 18.4. The van der Waals surface area contributed by atoms with Crippen LogP contribution in [0.4, 0.5) is 14.9 Å². The molecule has 0 saturated carbocycles. The summed E-state index contributed by atoms with van der Waals surface area (Å²) in [7, 11) is 0. The van der Waals surface area contributed by atoms with Gasteiger partial charge in [0.1, 0.15) is 18.0 Å². The third-order valence-electron chi connectivity index (χ3n) is 4.30. The van der Waals surface area contributed by atoms with Crippen molar-refractivity contribution in [2.75, 3.05) is 4.90 Å². The Balaban J connectivity index is 2.36. The Bertz CT molecular complexity index is 771. The van der Waals surface area contributed by atoms with Gasteiger partial charge in [-0.15, -0.1) is 0 Å². The average molecular weight is 340 g/mol. The number of benzene rings is 2. The van der Waals surface area contributed by atoms with Gasteiger partial charge in [0.05, 0.1) is 11.8 Å². The lowest BCUT2D eigenvalue weighted by Crippen LogP contribution is -2.53. The molecule has 0 bridgehead atoms. The van der Waals surface area contributed by atoms with E-state index in [2.05, 4.69) is 6.07 Å². The lowest BCUT2D eigenvalue weighted by atomic mass is 9.87. The van der Waals surface area contributed by atoms with Gasteiger partial charge < -0.3 is 4.74 Å². The number of anilines is 1. The molecule has 0 aliphatic rings. The molecule has 0 heterocycles. The minimum Gasteiger partial charge on any atom is -0.444 e. The Kier molecular flexibility index (Phi) is 5.76. The third-order valence-corrected chi connectivity index (χ3v) is 4.30. The Morgan fingerprint density at radius 2 is 1.80 bits per heavy atom. The van der Waals surface area contributed by atoms with Crippen LogP contribution in [0.25, 0.3) is 0 Å². The fourth-order valence-electron chi connectivity index (χ4n) is 2.39. The normalized spacial score (nSPS) is 13.0. The van der Waals surface area contributed by atoms with Crippen LogP contribution >= 0.6 is 0 Å². The van der Waals surface area contributed by atoms with Gasteiger partial charge in [-0.1, -0.05) is 56.3 Å². The molecule has 0 aliphatic heterocycles. The monoisotopic (exact) mass is 340 g/mol. The van der Waals surface area contributed by atoms with E-state index in [1.54, 1.807) is 13.0 Å². The highest BCUT2D eigenvalue weighted by Gasteiger charge is 2.42. The van der Waals surface area contributed by atoms with Crippen molar-refractivity contribution >= 4 is 11.8 Å². The van der Waals surface area contributed by atoms with Gasteiger partial charge in [-0.2, -0.15) is 5.26 Å². The second-order valence-corrected chi connectivity index (χ2v) is 6.24. The van der Waals surface area contributed by atoms with Gasteiger partial charge in [0, 0.05) is 0 Å². The fourth-order valence-corrected chi connectivity index (χ4v) is 2.39. The van der Waals surface area contributed by atoms with Gasteiger partial charge >= 0.3 is 6.09 Å².